The third kappa shape index (κ3) is 3.45. The van der Waals surface area contributed by atoms with E-state index in [9.17, 15) is 29.3 Å². The third-order valence-electron chi connectivity index (χ3n) is 2.97. The van der Waals surface area contributed by atoms with Crippen molar-refractivity contribution in [1.82, 2.24) is 0 Å². The van der Waals surface area contributed by atoms with Crippen molar-refractivity contribution in [1.29, 1.82) is 0 Å². The van der Waals surface area contributed by atoms with E-state index in [1.54, 1.807) is 0 Å². The zero-order valence-corrected chi connectivity index (χ0v) is 10.5. The van der Waals surface area contributed by atoms with Gasteiger partial charge in [-0.05, 0) is 0 Å². The zero-order chi connectivity index (χ0) is 16.4. The van der Waals surface area contributed by atoms with Gasteiger partial charge in [-0.15, -0.1) is 0 Å². The van der Waals surface area contributed by atoms with Gasteiger partial charge in [-0.1, -0.05) is 0 Å². The molecular formula is C10H15FO10. The highest BCUT2D eigenvalue weighted by molar-refractivity contribution is 6.01. The first kappa shape index (κ1) is 17.7. The molecular weight excluding hydrogens is 299 g/mol. The first-order valence-corrected chi connectivity index (χ1v) is 5.73. The van der Waals surface area contributed by atoms with E-state index in [0.717, 1.165) is 0 Å². The van der Waals surface area contributed by atoms with Gasteiger partial charge in [-0.2, -0.15) is 0 Å². The molecule has 122 valence electrons. The molecule has 6 N–H and O–H groups in total. The minimum absolute atomic E-state index is 0.774. The van der Waals surface area contributed by atoms with Gasteiger partial charge in [0, 0.05) is 0 Å². The minimum Gasteiger partial charge on any atom is -0.478 e. The van der Waals surface area contributed by atoms with E-state index in [4.69, 9.17) is 20.1 Å². The van der Waals surface area contributed by atoms with Gasteiger partial charge < -0.3 is 40.1 Å². The van der Waals surface area contributed by atoms with Gasteiger partial charge in [0.2, 0.25) is 0 Å². The summed E-state index contributed by atoms with van der Waals surface area (Å²) >= 11 is 0. The monoisotopic (exact) mass is 314 g/mol. The van der Waals surface area contributed by atoms with Crippen LogP contribution in [0.25, 0.3) is 0 Å². The number of ether oxygens (including phenoxy) is 2. The molecule has 11 heteroatoms. The predicted octanol–water partition coefficient (Wildman–Crippen LogP) is -3.32. The number of carbonyl (C=O) groups is 2. The molecule has 0 amide bonds. The lowest BCUT2D eigenvalue weighted by atomic mass is 9.99. The Morgan fingerprint density at radius 2 is 1.62 bits per heavy atom. The zero-order valence-electron chi connectivity index (χ0n) is 10.5. The average Bonchev–Trinajstić information content (AvgIpc) is 2.43. The highest BCUT2D eigenvalue weighted by Crippen LogP contribution is 2.23. The van der Waals surface area contributed by atoms with Crippen molar-refractivity contribution < 1.29 is 54.1 Å². The molecule has 0 saturated carbocycles. The van der Waals surface area contributed by atoms with Gasteiger partial charge in [-0.25, -0.2) is 14.0 Å². The molecule has 5 atom stereocenters. The van der Waals surface area contributed by atoms with Crippen molar-refractivity contribution >= 4 is 11.9 Å². The molecule has 0 aromatic heterocycles. The van der Waals surface area contributed by atoms with Crippen molar-refractivity contribution in [3.05, 3.63) is 0 Å². The molecule has 0 bridgehead atoms. The van der Waals surface area contributed by atoms with Crippen LogP contribution in [0.2, 0.25) is 0 Å². The number of aliphatic hydroxyl groups excluding tert-OH is 4. The molecule has 0 aromatic carbocycles. The summed E-state index contributed by atoms with van der Waals surface area (Å²) in [5.74, 6) is -4.64. The van der Waals surface area contributed by atoms with E-state index in [1.165, 1.54) is 0 Å². The Kier molecular flexibility index (Phi) is 5.55. The van der Waals surface area contributed by atoms with E-state index >= 15 is 0 Å². The molecule has 1 aliphatic rings. The maximum absolute atomic E-state index is 13.6. The molecule has 10 nitrogen and oxygen atoms in total. The van der Waals surface area contributed by atoms with E-state index < -0.39 is 61.5 Å². The van der Waals surface area contributed by atoms with Crippen LogP contribution in [0.1, 0.15) is 0 Å². The van der Waals surface area contributed by atoms with Crippen LogP contribution in [0.15, 0.2) is 0 Å². The Balaban J connectivity index is 2.77. The number of carboxylic acids is 2. The third-order valence-corrected chi connectivity index (χ3v) is 2.97. The predicted molar refractivity (Wildman–Crippen MR) is 58.8 cm³/mol. The topological polar surface area (TPSA) is 174 Å². The summed E-state index contributed by atoms with van der Waals surface area (Å²) in [5, 5.41) is 54.4. The second-order valence-electron chi connectivity index (χ2n) is 4.42. The Labute approximate surface area is 116 Å². The maximum atomic E-state index is 13.6. The lowest BCUT2D eigenvalue weighted by molar-refractivity contribution is -0.305. The summed E-state index contributed by atoms with van der Waals surface area (Å²) < 4.78 is 23.0. The van der Waals surface area contributed by atoms with Crippen molar-refractivity contribution in [3.63, 3.8) is 0 Å². The van der Waals surface area contributed by atoms with E-state index in [2.05, 4.69) is 4.74 Å². The van der Waals surface area contributed by atoms with Crippen molar-refractivity contribution in [3.8, 4) is 0 Å². The standard InChI is InChI=1S/C10H15FO10/c11-10(8(16)17,9(18)19)2-20-7-6(15)5(14)4(13)3(1-12)21-7/h3-7,12-15H,1-2H2,(H,16,17)(H,18,19)/t3-,4-,5+,6-,7+/m1/s1. The number of halogens is 1. The van der Waals surface area contributed by atoms with Crippen LogP contribution in [0.3, 0.4) is 0 Å². The van der Waals surface area contributed by atoms with Gasteiger partial charge in [0.1, 0.15) is 31.0 Å². The van der Waals surface area contributed by atoms with Crippen LogP contribution in [-0.2, 0) is 19.1 Å². The molecule has 0 spiro atoms. The Hall–Kier alpha value is -1.37. The lowest BCUT2D eigenvalue weighted by Crippen LogP contribution is -2.60. The van der Waals surface area contributed by atoms with Gasteiger partial charge in [-0.3, -0.25) is 0 Å². The van der Waals surface area contributed by atoms with Crippen LogP contribution in [0, 0.1) is 0 Å². The molecule has 1 heterocycles. The largest absolute Gasteiger partial charge is 0.478 e. The van der Waals surface area contributed by atoms with Crippen LogP contribution in [0.4, 0.5) is 4.39 Å². The summed E-state index contributed by atoms with van der Waals surface area (Å²) in [6.45, 7) is -2.29. The van der Waals surface area contributed by atoms with Gasteiger partial charge >= 0.3 is 17.6 Å². The first-order valence-electron chi connectivity index (χ1n) is 5.73. The highest BCUT2D eigenvalue weighted by Gasteiger charge is 2.51. The van der Waals surface area contributed by atoms with Gasteiger partial charge in [0.15, 0.2) is 6.29 Å². The van der Waals surface area contributed by atoms with Crippen LogP contribution < -0.4 is 0 Å². The number of hydrogen-bond acceptors (Lipinski definition) is 8. The fourth-order valence-corrected chi connectivity index (χ4v) is 1.62. The Morgan fingerprint density at radius 1 is 1.10 bits per heavy atom. The second kappa shape index (κ2) is 6.60. The molecule has 0 radical (unpaired) electrons. The molecule has 1 fully saturated rings. The number of hydrogen-bond donors (Lipinski definition) is 6. The summed E-state index contributed by atoms with van der Waals surface area (Å²) in [6, 6.07) is 0. The fourth-order valence-electron chi connectivity index (χ4n) is 1.62. The van der Waals surface area contributed by atoms with Crippen LogP contribution in [-0.4, -0.2) is 92.2 Å². The Bertz CT molecular complexity index is 385. The minimum atomic E-state index is -3.78. The smallest absolute Gasteiger partial charge is 0.355 e. The molecule has 0 aliphatic carbocycles. The van der Waals surface area contributed by atoms with E-state index in [1.807, 2.05) is 0 Å². The average molecular weight is 314 g/mol. The summed E-state index contributed by atoms with van der Waals surface area (Å²) in [4.78, 5) is 21.2. The normalized spacial score (nSPS) is 33.7. The van der Waals surface area contributed by atoms with Crippen LogP contribution in [0.5, 0.6) is 0 Å². The van der Waals surface area contributed by atoms with E-state index in [-0.39, 0.29) is 0 Å². The molecule has 0 unspecified atom stereocenters. The lowest BCUT2D eigenvalue weighted by Gasteiger charge is -2.39. The summed E-state index contributed by atoms with van der Waals surface area (Å²) in [6.07, 6.45) is -8.57. The number of alkyl halides is 1. The molecule has 21 heavy (non-hydrogen) atoms. The maximum Gasteiger partial charge on any atom is 0.355 e. The van der Waals surface area contributed by atoms with Crippen molar-refractivity contribution in [2.45, 2.75) is 36.4 Å². The first-order chi connectivity index (χ1) is 9.65. The molecule has 1 saturated heterocycles. The molecule has 1 aliphatic heterocycles. The highest BCUT2D eigenvalue weighted by atomic mass is 19.1. The quantitative estimate of drug-likeness (QED) is 0.272. The molecule has 0 aromatic rings. The fraction of sp³-hybridized carbons (Fsp3) is 0.800. The SMILES string of the molecule is O=C(O)C(F)(CO[C@H]1O[C@H](CO)[C@@H](O)[C@H](O)[C@H]1O)C(=O)O. The number of rotatable bonds is 6. The van der Waals surface area contributed by atoms with Crippen LogP contribution >= 0.6 is 0 Å². The van der Waals surface area contributed by atoms with Crippen molar-refractivity contribution in [2.24, 2.45) is 0 Å². The summed E-state index contributed by atoms with van der Waals surface area (Å²) in [7, 11) is 0. The summed E-state index contributed by atoms with van der Waals surface area (Å²) in [5.41, 5.74) is -3.78. The van der Waals surface area contributed by atoms with Gasteiger partial charge in [0.25, 0.3) is 0 Å². The van der Waals surface area contributed by atoms with Crippen molar-refractivity contribution in [2.75, 3.05) is 13.2 Å². The van der Waals surface area contributed by atoms with Gasteiger partial charge in [0.05, 0.1) is 6.61 Å². The number of aliphatic hydroxyl groups is 4. The second-order valence-corrected chi connectivity index (χ2v) is 4.42. The molecule has 1 rings (SSSR count). The van der Waals surface area contributed by atoms with E-state index in [0.29, 0.717) is 0 Å². The number of aliphatic carboxylic acids is 2. The number of carboxylic acid groups (broad SMARTS) is 2. The Morgan fingerprint density at radius 3 is 2.05 bits per heavy atom.